The Hall–Kier alpha value is -2.08. The maximum atomic E-state index is 11.7. The number of carboxylic acids is 1. The van der Waals surface area contributed by atoms with Crippen LogP contribution in [0.3, 0.4) is 0 Å². The fourth-order valence-electron chi connectivity index (χ4n) is 1.49. The predicted octanol–water partition coefficient (Wildman–Crippen LogP) is 1.31. The molecule has 0 spiro atoms. The Bertz CT molecular complexity index is 430. The Balaban J connectivity index is 2.35. The number of amides is 1. The quantitative estimate of drug-likeness (QED) is 0.667. The highest BCUT2D eigenvalue weighted by Crippen LogP contribution is 2.12. The number of rotatable bonds is 9. The van der Waals surface area contributed by atoms with Gasteiger partial charge in [-0.3, -0.25) is 9.59 Å². The molecule has 6 nitrogen and oxygen atoms in total. The molecule has 6 heteroatoms. The van der Waals surface area contributed by atoms with E-state index in [0.717, 1.165) is 0 Å². The van der Waals surface area contributed by atoms with Gasteiger partial charge >= 0.3 is 5.97 Å². The number of hydrogen-bond acceptors (Lipinski definition) is 4. The number of hydrogen-bond donors (Lipinski definition) is 2. The summed E-state index contributed by atoms with van der Waals surface area (Å²) in [7, 11) is 1.60. The molecule has 0 fully saturated rings. The summed E-state index contributed by atoms with van der Waals surface area (Å²) < 4.78 is 10.3. The van der Waals surface area contributed by atoms with Crippen molar-refractivity contribution in [3.63, 3.8) is 0 Å². The molecule has 0 saturated heterocycles. The third kappa shape index (κ3) is 6.19. The zero-order valence-electron chi connectivity index (χ0n) is 11.4. The van der Waals surface area contributed by atoms with Gasteiger partial charge in [0, 0.05) is 25.6 Å². The highest BCUT2D eigenvalue weighted by atomic mass is 16.5. The normalized spacial score (nSPS) is 10.1. The van der Waals surface area contributed by atoms with E-state index in [4.69, 9.17) is 14.6 Å². The van der Waals surface area contributed by atoms with Gasteiger partial charge in [0.05, 0.1) is 6.61 Å². The van der Waals surface area contributed by atoms with E-state index >= 15 is 0 Å². The van der Waals surface area contributed by atoms with Crippen LogP contribution in [0.2, 0.25) is 0 Å². The van der Waals surface area contributed by atoms with E-state index in [9.17, 15) is 9.59 Å². The molecule has 20 heavy (non-hydrogen) atoms. The molecular formula is C14H19NO5. The van der Waals surface area contributed by atoms with Crippen LogP contribution < -0.4 is 10.1 Å². The summed E-state index contributed by atoms with van der Waals surface area (Å²) in [6.07, 6.45) is 0.464. The van der Waals surface area contributed by atoms with Crippen molar-refractivity contribution in [3.8, 4) is 5.75 Å². The number of nitrogens with one attached hydrogen (secondary N) is 1. The van der Waals surface area contributed by atoms with Crippen LogP contribution in [0.1, 0.15) is 23.2 Å². The van der Waals surface area contributed by atoms with Gasteiger partial charge in [-0.2, -0.15) is 0 Å². The van der Waals surface area contributed by atoms with Gasteiger partial charge in [0.1, 0.15) is 12.4 Å². The van der Waals surface area contributed by atoms with Crippen molar-refractivity contribution < 1.29 is 24.2 Å². The molecule has 1 aromatic rings. The fourth-order valence-corrected chi connectivity index (χ4v) is 1.49. The van der Waals surface area contributed by atoms with Crippen molar-refractivity contribution in [1.82, 2.24) is 5.32 Å². The second-order valence-electron chi connectivity index (χ2n) is 4.12. The molecule has 0 radical (unpaired) electrons. The highest BCUT2D eigenvalue weighted by molar-refractivity contribution is 5.94. The maximum Gasteiger partial charge on any atom is 0.303 e. The zero-order valence-corrected chi connectivity index (χ0v) is 11.4. The number of carbonyl (C=O) groups is 2. The largest absolute Gasteiger partial charge is 0.491 e. The summed E-state index contributed by atoms with van der Waals surface area (Å²) in [5.41, 5.74) is 0.513. The van der Waals surface area contributed by atoms with E-state index in [1.165, 1.54) is 0 Å². The van der Waals surface area contributed by atoms with E-state index in [-0.39, 0.29) is 12.3 Å². The Morgan fingerprint density at radius 2 is 1.90 bits per heavy atom. The number of aliphatic carboxylic acids is 1. The molecule has 0 atom stereocenters. The Morgan fingerprint density at radius 3 is 2.50 bits per heavy atom. The maximum absolute atomic E-state index is 11.7. The van der Waals surface area contributed by atoms with Crippen LogP contribution in [0.5, 0.6) is 5.75 Å². The van der Waals surface area contributed by atoms with Crippen LogP contribution >= 0.6 is 0 Å². The van der Waals surface area contributed by atoms with Gasteiger partial charge in [-0.1, -0.05) is 0 Å². The summed E-state index contributed by atoms with van der Waals surface area (Å²) in [5, 5.41) is 11.1. The second kappa shape index (κ2) is 8.92. The van der Waals surface area contributed by atoms with Gasteiger partial charge in [-0.25, -0.2) is 0 Å². The monoisotopic (exact) mass is 281 g/mol. The Labute approximate surface area is 117 Å². The minimum atomic E-state index is -0.864. The van der Waals surface area contributed by atoms with Gasteiger partial charge in [0.2, 0.25) is 0 Å². The van der Waals surface area contributed by atoms with E-state index in [0.29, 0.717) is 37.5 Å². The molecule has 2 N–H and O–H groups in total. The molecule has 0 bridgehead atoms. The standard InChI is InChI=1S/C14H19NO5/c1-19-9-10-20-12-6-4-11(5-7-12)14(18)15-8-2-3-13(16)17/h4-7H,2-3,8-10H2,1H3,(H,15,18)(H,16,17). The smallest absolute Gasteiger partial charge is 0.303 e. The zero-order chi connectivity index (χ0) is 14.8. The molecule has 1 amide bonds. The highest BCUT2D eigenvalue weighted by Gasteiger charge is 2.05. The number of ether oxygens (including phenoxy) is 2. The first-order chi connectivity index (χ1) is 9.63. The van der Waals surface area contributed by atoms with E-state index < -0.39 is 5.97 Å². The van der Waals surface area contributed by atoms with Crippen LogP contribution in [0, 0.1) is 0 Å². The predicted molar refractivity (Wildman–Crippen MR) is 73.0 cm³/mol. The molecule has 0 aliphatic rings. The minimum absolute atomic E-state index is 0.0482. The third-order valence-corrected chi connectivity index (χ3v) is 2.53. The van der Waals surface area contributed by atoms with Crippen LogP contribution in [0.25, 0.3) is 0 Å². The fraction of sp³-hybridized carbons (Fsp3) is 0.429. The van der Waals surface area contributed by atoms with Crippen molar-refractivity contribution in [2.75, 3.05) is 26.9 Å². The summed E-state index contributed by atoms with van der Waals surface area (Å²) >= 11 is 0. The van der Waals surface area contributed by atoms with Gasteiger partial charge in [-0.15, -0.1) is 0 Å². The molecule has 1 aromatic carbocycles. The molecule has 0 aliphatic heterocycles. The summed E-state index contributed by atoms with van der Waals surface area (Å²) in [6, 6.07) is 6.74. The summed E-state index contributed by atoms with van der Waals surface area (Å²) in [6.45, 7) is 1.31. The van der Waals surface area contributed by atoms with Crippen molar-refractivity contribution >= 4 is 11.9 Å². The lowest BCUT2D eigenvalue weighted by atomic mass is 10.2. The average Bonchev–Trinajstić information content (AvgIpc) is 2.44. The second-order valence-corrected chi connectivity index (χ2v) is 4.12. The first-order valence-corrected chi connectivity index (χ1v) is 6.35. The van der Waals surface area contributed by atoms with Gasteiger partial charge in [0.25, 0.3) is 5.91 Å². The molecule has 0 saturated carbocycles. The van der Waals surface area contributed by atoms with Crippen LogP contribution in [0.4, 0.5) is 0 Å². The summed E-state index contributed by atoms with van der Waals surface area (Å²) in [5.74, 6) is -0.417. The summed E-state index contributed by atoms with van der Waals surface area (Å²) in [4.78, 5) is 22.1. The average molecular weight is 281 g/mol. The Morgan fingerprint density at radius 1 is 1.20 bits per heavy atom. The van der Waals surface area contributed by atoms with Crippen molar-refractivity contribution in [2.45, 2.75) is 12.8 Å². The molecule has 0 aliphatic carbocycles. The number of carbonyl (C=O) groups excluding carboxylic acids is 1. The van der Waals surface area contributed by atoms with Crippen molar-refractivity contribution in [1.29, 1.82) is 0 Å². The molecule has 1 rings (SSSR count). The first-order valence-electron chi connectivity index (χ1n) is 6.35. The van der Waals surface area contributed by atoms with E-state index in [2.05, 4.69) is 5.32 Å². The number of benzene rings is 1. The molecular weight excluding hydrogens is 262 g/mol. The van der Waals surface area contributed by atoms with Crippen LogP contribution in [-0.4, -0.2) is 43.9 Å². The molecule has 0 unspecified atom stereocenters. The van der Waals surface area contributed by atoms with Gasteiger partial charge in [-0.05, 0) is 30.7 Å². The van der Waals surface area contributed by atoms with Gasteiger partial charge in [0.15, 0.2) is 0 Å². The first kappa shape index (κ1) is 16.0. The number of methoxy groups -OCH3 is 1. The van der Waals surface area contributed by atoms with Crippen molar-refractivity contribution in [3.05, 3.63) is 29.8 Å². The van der Waals surface area contributed by atoms with E-state index in [1.807, 2.05) is 0 Å². The third-order valence-electron chi connectivity index (χ3n) is 2.53. The van der Waals surface area contributed by atoms with Crippen LogP contribution in [-0.2, 0) is 9.53 Å². The minimum Gasteiger partial charge on any atom is -0.491 e. The topological polar surface area (TPSA) is 84.9 Å². The lowest BCUT2D eigenvalue weighted by Crippen LogP contribution is -2.24. The van der Waals surface area contributed by atoms with Gasteiger partial charge < -0.3 is 19.9 Å². The number of carboxylic acid groups (broad SMARTS) is 1. The molecule has 110 valence electrons. The van der Waals surface area contributed by atoms with Crippen molar-refractivity contribution in [2.24, 2.45) is 0 Å². The lowest BCUT2D eigenvalue weighted by Gasteiger charge is -2.07. The lowest BCUT2D eigenvalue weighted by molar-refractivity contribution is -0.137. The molecule has 0 aromatic heterocycles. The SMILES string of the molecule is COCCOc1ccc(C(=O)NCCCC(=O)O)cc1. The van der Waals surface area contributed by atoms with Crippen LogP contribution in [0.15, 0.2) is 24.3 Å². The van der Waals surface area contributed by atoms with E-state index in [1.54, 1.807) is 31.4 Å². The molecule has 0 heterocycles. The Kier molecular flexibility index (Phi) is 7.13.